The molecule has 198 valence electrons. The van der Waals surface area contributed by atoms with Crippen LogP contribution in [0.15, 0.2) is 73.3 Å². The van der Waals surface area contributed by atoms with Crippen molar-refractivity contribution in [3.63, 3.8) is 0 Å². The van der Waals surface area contributed by atoms with Crippen LogP contribution in [-0.2, 0) is 11.2 Å². The van der Waals surface area contributed by atoms with Crippen molar-refractivity contribution in [3.05, 3.63) is 95.6 Å². The van der Waals surface area contributed by atoms with Crippen molar-refractivity contribution in [1.29, 1.82) is 10.8 Å². The number of Topliss-reactive ketones (excluding diaryl/α,β-unsaturated/α-hetero) is 1. The predicted molar refractivity (Wildman–Crippen MR) is 134 cm³/mol. The van der Waals surface area contributed by atoms with Gasteiger partial charge in [0.15, 0.2) is 12.4 Å². The number of alkyl halides is 5. The van der Waals surface area contributed by atoms with Crippen LogP contribution in [0.1, 0.15) is 34.0 Å². The molecule has 0 heterocycles. The second-order valence-corrected chi connectivity index (χ2v) is 8.11. The molecule has 3 aromatic carbocycles. The normalized spacial score (nSPS) is 11.2. The van der Waals surface area contributed by atoms with Crippen molar-refractivity contribution in [3.8, 4) is 16.9 Å². The molecule has 0 saturated heterocycles. The maximum atomic E-state index is 13.6. The van der Waals surface area contributed by atoms with Gasteiger partial charge in [-0.3, -0.25) is 15.6 Å². The maximum absolute atomic E-state index is 13.6. The minimum Gasteiger partial charge on any atom is -0.484 e. The van der Waals surface area contributed by atoms with Gasteiger partial charge in [0.1, 0.15) is 5.75 Å². The zero-order valence-electron chi connectivity index (χ0n) is 20.2. The highest BCUT2D eigenvalue weighted by Crippen LogP contribution is 2.33. The van der Waals surface area contributed by atoms with Gasteiger partial charge in [-0.1, -0.05) is 56.0 Å². The van der Waals surface area contributed by atoms with E-state index in [1.807, 2.05) is 6.92 Å². The molecule has 3 rings (SSSR count). The van der Waals surface area contributed by atoms with Gasteiger partial charge in [-0.05, 0) is 52.9 Å². The molecule has 2 N–H and O–H groups in total. The van der Waals surface area contributed by atoms with Crippen LogP contribution in [0.4, 0.5) is 22.0 Å². The summed E-state index contributed by atoms with van der Waals surface area (Å²) >= 11 is 0. The van der Waals surface area contributed by atoms with Gasteiger partial charge in [0.2, 0.25) is 5.90 Å². The highest BCUT2D eigenvalue weighted by Gasteiger charge is 2.28. The molecule has 3 aromatic rings. The number of benzene rings is 3. The molecule has 0 fully saturated rings. The minimum atomic E-state index is -4.50. The number of rotatable bonds is 9. The van der Waals surface area contributed by atoms with E-state index >= 15 is 0 Å². The number of carbonyl (C=O) groups excluding carboxylic acids is 1. The summed E-state index contributed by atoms with van der Waals surface area (Å²) in [5.74, 6) is -2.60. The molecule has 0 aliphatic heterocycles. The Morgan fingerprint density at radius 1 is 0.974 bits per heavy atom. The first kappa shape index (κ1) is 28.2. The van der Waals surface area contributed by atoms with Gasteiger partial charge in [0.25, 0.3) is 5.90 Å². The molecule has 0 atom stereocenters. The summed E-state index contributed by atoms with van der Waals surface area (Å²) in [6.45, 7) is 4.31. The van der Waals surface area contributed by atoms with Gasteiger partial charge >= 0.3 is 12.6 Å². The Bertz CT molecular complexity index is 1380. The maximum Gasteiger partial charge on any atom is 0.422 e. The fourth-order valence-electron chi connectivity index (χ4n) is 3.65. The van der Waals surface area contributed by atoms with Gasteiger partial charge < -0.3 is 9.47 Å². The fraction of sp³-hybridized carbons (Fsp3) is 0.179. The summed E-state index contributed by atoms with van der Waals surface area (Å²) in [5.41, 5.74) is 2.32. The van der Waals surface area contributed by atoms with Crippen LogP contribution < -0.4 is 4.74 Å². The van der Waals surface area contributed by atoms with E-state index in [0.29, 0.717) is 28.7 Å². The average Bonchev–Trinajstić information content (AvgIpc) is 2.90. The third-order valence-corrected chi connectivity index (χ3v) is 5.48. The second-order valence-electron chi connectivity index (χ2n) is 8.11. The molecule has 0 aliphatic carbocycles. The zero-order valence-corrected chi connectivity index (χ0v) is 20.2. The van der Waals surface area contributed by atoms with Gasteiger partial charge in [-0.2, -0.15) is 22.0 Å². The topological polar surface area (TPSA) is 83.2 Å². The predicted octanol–water partition coefficient (Wildman–Crippen LogP) is 7.34. The molecule has 0 amide bonds. The number of nitrogens with one attached hydrogen (secondary N) is 2. The summed E-state index contributed by atoms with van der Waals surface area (Å²) in [7, 11) is 0. The standard InChI is InChI=1S/C28H23F5N2O3/c1-3-17-11-12-19(26(34)38-27(35)25(29)30)14-23(17)24(36)16(2)21-9-4-5-10-22(21)18-7-6-8-20(13-18)37-15-28(31,32)33/h4-14,25,34-35H,2-3,15H2,1H3. The van der Waals surface area contributed by atoms with Gasteiger partial charge in [0, 0.05) is 16.7 Å². The van der Waals surface area contributed by atoms with Crippen LogP contribution in [-0.4, -0.2) is 36.8 Å². The number of carbonyl (C=O) groups is 1. The van der Waals surface area contributed by atoms with Gasteiger partial charge in [-0.25, -0.2) is 0 Å². The highest BCUT2D eigenvalue weighted by atomic mass is 19.4. The lowest BCUT2D eigenvalue weighted by Gasteiger charge is -2.16. The monoisotopic (exact) mass is 530 g/mol. The van der Waals surface area contributed by atoms with Gasteiger partial charge in [0.05, 0.1) is 0 Å². The number of halogens is 5. The number of ether oxygens (including phenoxy) is 2. The van der Waals surface area contributed by atoms with E-state index in [1.165, 1.54) is 30.3 Å². The molecule has 0 spiro atoms. The molecule has 10 heteroatoms. The molecule has 0 unspecified atom stereocenters. The molecule has 0 radical (unpaired) electrons. The SMILES string of the molecule is C=C(C(=O)c1cc(C(=N)OC(=N)C(F)F)ccc1CC)c1ccccc1-c1cccc(OCC(F)(F)F)c1. The third kappa shape index (κ3) is 6.90. The van der Waals surface area contributed by atoms with Crippen LogP contribution in [0.5, 0.6) is 5.75 Å². The molecule has 0 aromatic heterocycles. The lowest BCUT2D eigenvalue weighted by molar-refractivity contribution is -0.153. The van der Waals surface area contributed by atoms with E-state index in [1.54, 1.807) is 36.4 Å². The number of allylic oxidation sites excluding steroid dienone is 1. The first-order chi connectivity index (χ1) is 17.9. The first-order valence-electron chi connectivity index (χ1n) is 11.3. The van der Waals surface area contributed by atoms with Crippen molar-refractivity contribution in [2.75, 3.05) is 6.61 Å². The summed E-state index contributed by atoms with van der Waals surface area (Å²) < 4.78 is 72.5. The Kier molecular flexibility index (Phi) is 8.77. The minimum absolute atomic E-state index is 0.000384. The molecular weight excluding hydrogens is 507 g/mol. The van der Waals surface area contributed by atoms with E-state index in [9.17, 15) is 26.7 Å². The molecular formula is C28H23F5N2O3. The van der Waals surface area contributed by atoms with E-state index in [-0.39, 0.29) is 22.4 Å². The van der Waals surface area contributed by atoms with Crippen molar-refractivity contribution < 1.29 is 36.2 Å². The Morgan fingerprint density at radius 3 is 2.34 bits per heavy atom. The molecule has 0 aliphatic rings. The lowest BCUT2D eigenvalue weighted by atomic mass is 9.88. The lowest BCUT2D eigenvalue weighted by Crippen LogP contribution is -2.19. The van der Waals surface area contributed by atoms with E-state index in [4.69, 9.17) is 15.6 Å². The largest absolute Gasteiger partial charge is 0.484 e. The van der Waals surface area contributed by atoms with Crippen molar-refractivity contribution in [2.45, 2.75) is 25.9 Å². The number of aryl methyl sites for hydroxylation is 1. The van der Waals surface area contributed by atoms with Crippen LogP contribution in [0.25, 0.3) is 16.7 Å². The summed E-state index contributed by atoms with van der Waals surface area (Å²) in [6, 6.07) is 17.0. The average molecular weight is 530 g/mol. The summed E-state index contributed by atoms with van der Waals surface area (Å²) in [6.07, 6.45) is -7.25. The van der Waals surface area contributed by atoms with Crippen molar-refractivity contribution >= 4 is 23.2 Å². The Morgan fingerprint density at radius 2 is 1.68 bits per heavy atom. The zero-order chi connectivity index (χ0) is 28.0. The molecule has 0 saturated carbocycles. The van der Waals surface area contributed by atoms with Crippen LogP contribution >= 0.6 is 0 Å². The summed E-state index contributed by atoms with van der Waals surface area (Å²) in [5, 5.41) is 15.1. The Hall–Kier alpha value is -4.34. The first-order valence-corrected chi connectivity index (χ1v) is 11.3. The fourth-order valence-corrected chi connectivity index (χ4v) is 3.65. The Labute approximate surface area is 215 Å². The van der Waals surface area contributed by atoms with Crippen molar-refractivity contribution in [2.24, 2.45) is 0 Å². The molecule has 5 nitrogen and oxygen atoms in total. The highest BCUT2D eigenvalue weighted by molar-refractivity contribution is 6.30. The molecule has 0 bridgehead atoms. The second kappa shape index (κ2) is 11.8. The van der Waals surface area contributed by atoms with Crippen LogP contribution in [0.2, 0.25) is 0 Å². The number of hydrogen-bond donors (Lipinski definition) is 2. The smallest absolute Gasteiger partial charge is 0.422 e. The molecule has 38 heavy (non-hydrogen) atoms. The number of ketones is 1. The van der Waals surface area contributed by atoms with Crippen LogP contribution in [0, 0.1) is 10.8 Å². The number of hydrogen-bond acceptors (Lipinski definition) is 5. The third-order valence-electron chi connectivity index (χ3n) is 5.48. The van der Waals surface area contributed by atoms with E-state index < -0.39 is 36.8 Å². The van der Waals surface area contributed by atoms with E-state index in [2.05, 4.69) is 11.3 Å². The Balaban J connectivity index is 1.95. The van der Waals surface area contributed by atoms with Crippen molar-refractivity contribution in [1.82, 2.24) is 0 Å². The quantitative estimate of drug-likeness (QED) is 0.0999. The van der Waals surface area contributed by atoms with Crippen LogP contribution in [0.3, 0.4) is 0 Å². The summed E-state index contributed by atoms with van der Waals surface area (Å²) in [4.78, 5) is 13.6. The van der Waals surface area contributed by atoms with E-state index in [0.717, 1.165) is 0 Å². The van der Waals surface area contributed by atoms with Gasteiger partial charge in [-0.15, -0.1) is 0 Å².